The Bertz CT molecular complexity index is 1270. The number of nitrogens with one attached hydrogen (secondary N) is 1. The summed E-state index contributed by atoms with van der Waals surface area (Å²) in [6.45, 7) is 3.48. The first kappa shape index (κ1) is 19.3. The van der Waals surface area contributed by atoms with E-state index in [1.807, 2.05) is 18.7 Å². The van der Waals surface area contributed by atoms with Gasteiger partial charge in [-0.2, -0.15) is 10.2 Å². The Hall–Kier alpha value is -3.69. The van der Waals surface area contributed by atoms with Gasteiger partial charge in [-0.25, -0.2) is 9.67 Å². The molecule has 2 bridgehead atoms. The van der Waals surface area contributed by atoms with Crippen molar-refractivity contribution in [3.63, 3.8) is 0 Å². The number of aryl methyl sites for hydroxylation is 2. The maximum atomic E-state index is 13.1. The Morgan fingerprint density at radius 3 is 2.90 bits per heavy atom. The van der Waals surface area contributed by atoms with Crippen LogP contribution in [0.5, 0.6) is 5.88 Å². The third-order valence-corrected chi connectivity index (χ3v) is 5.61. The van der Waals surface area contributed by atoms with Crippen molar-refractivity contribution >= 4 is 23.0 Å². The van der Waals surface area contributed by atoms with Gasteiger partial charge in [0.25, 0.3) is 5.91 Å². The van der Waals surface area contributed by atoms with Crippen LogP contribution in [-0.2, 0) is 20.6 Å². The molecule has 0 saturated heterocycles. The van der Waals surface area contributed by atoms with Gasteiger partial charge >= 0.3 is 0 Å². The van der Waals surface area contributed by atoms with Crippen molar-refractivity contribution in [2.24, 2.45) is 20.0 Å². The lowest BCUT2D eigenvalue weighted by Crippen LogP contribution is -2.19. The number of nitrogens with zero attached hydrogens (tertiary/aromatic N) is 7. The topological polar surface area (TPSA) is 105 Å². The van der Waals surface area contributed by atoms with Crippen molar-refractivity contribution in [2.75, 3.05) is 11.9 Å². The highest BCUT2D eigenvalue weighted by atomic mass is 16.5. The third-order valence-electron chi connectivity index (χ3n) is 5.61. The lowest BCUT2D eigenvalue weighted by atomic mass is 10.1. The minimum Gasteiger partial charge on any atom is -0.477 e. The van der Waals surface area contributed by atoms with E-state index in [0.29, 0.717) is 42.2 Å². The lowest BCUT2D eigenvalue weighted by molar-refractivity contribution is 0.102. The number of anilines is 1. The molecule has 0 spiro atoms. The van der Waals surface area contributed by atoms with E-state index in [4.69, 9.17) is 4.74 Å². The molecule has 31 heavy (non-hydrogen) atoms. The standard InChI is InChI=1S/C21H24N8O2/c1-13-5-4-8-31-20-15(10-23-28(20)3)16-9-14(6-7-22-16)18(30)26-21-25-17-11-24-27(2)19(17)29(21)12-13/h6-7,9-11,13H,4-5,8,12H2,1-3H3,(H,25,26,30)/t13-/m1/s1. The summed E-state index contributed by atoms with van der Waals surface area (Å²) in [5.74, 6) is 1.27. The third kappa shape index (κ3) is 3.43. The van der Waals surface area contributed by atoms with E-state index in [2.05, 4.69) is 32.4 Å². The van der Waals surface area contributed by atoms with Crippen LogP contribution in [0.25, 0.3) is 22.4 Å². The number of pyridine rings is 1. The molecule has 10 nitrogen and oxygen atoms in total. The molecule has 5 rings (SSSR count). The monoisotopic (exact) mass is 420 g/mol. The first-order valence-electron chi connectivity index (χ1n) is 10.3. The second-order valence-electron chi connectivity index (χ2n) is 7.99. The summed E-state index contributed by atoms with van der Waals surface area (Å²) in [4.78, 5) is 22.2. The Kier molecular flexibility index (Phi) is 4.68. The van der Waals surface area contributed by atoms with Crippen LogP contribution in [0.3, 0.4) is 0 Å². The van der Waals surface area contributed by atoms with Gasteiger partial charge in [-0.3, -0.25) is 24.3 Å². The molecule has 1 aliphatic heterocycles. The summed E-state index contributed by atoms with van der Waals surface area (Å²) in [5, 5.41) is 11.6. The van der Waals surface area contributed by atoms with E-state index >= 15 is 0 Å². The zero-order valence-electron chi connectivity index (χ0n) is 17.7. The number of ether oxygens (including phenoxy) is 1. The van der Waals surface area contributed by atoms with Gasteiger partial charge in [0.2, 0.25) is 11.8 Å². The van der Waals surface area contributed by atoms with Gasteiger partial charge in [-0.05, 0) is 30.9 Å². The van der Waals surface area contributed by atoms with Gasteiger partial charge in [0.05, 0.1) is 30.3 Å². The lowest BCUT2D eigenvalue weighted by Gasteiger charge is -2.16. The molecular weight excluding hydrogens is 396 g/mol. The van der Waals surface area contributed by atoms with Crippen LogP contribution in [0, 0.1) is 5.92 Å². The summed E-state index contributed by atoms with van der Waals surface area (Å²) in [5.41, 5.74) is 3.52. The number of carbonyl (C=O) groups excluding carboxylic acids is 1. The first-order chi connectivity index (χ1) is 15.0. The molecule has 0 saturated carbocycles. The SMILES string of the molecule is C[C@@H]1CCCOc2c(cnn2C)-c2cc(ccn2)C(=O)Nc2nc3cnn(C)c3n2C1. The zero-order chi connectivity index (χ0) is 21.5. The molecule has 160 valence electrons. The summed E-state index contributed by atoms with van der Waals surface area (Å²) in [7, 11) is 3.72. The van der Waals surface area contributed by atoms with E-state index in [1.54, 1.807) is 40.1 Å². The minimum atomic E-state index is -0.248. The molecule has 0 radical (unpaired) electrons. The molecule has 5 heterocycles. The largest absolute Gasteiger partial charge is 0.477 e. The number of aromatic nitrogens is 7. The number of fused-ring (bicyclic) bond motifs is 7. The normalized spacial score (nSPS) is 17.3. The van der Waals surface area contributed by atoms with Crippen LogP contribution >= 0.6 is 0 Å². The fourth-order valence-electron chi connectivity index (χ4n) is 4.02. The maximum Gasteiger partial charge on any atom is 0.258 e. The highest BCUT2D eigenvalue weighted by Crippen LogP contribution is 2.29. The molecule has 4 aromatic heterocycles. The Morgan fingerprint density at radius 1 is 1.19 bits per heavy atom. The first-order valence-corrected chi connectivity index (χ1v) is 10.3. The van der Waals surface area contributed by atoms with Crippen LogP contribution in [0.4, 0.5) is 5.95 Å². The highest BCUT2D eigenvalue weighted by molar-refractivity contribution is 6.04. The predicted molar refractivity (Wildman–Crippen MR) is 115 cm³/mol. The number of amides is 1. The van der Waals surface area contributed by atoms with E-state index < -0.39 is 0 Å². The second-order valence-corrected chi connectivity index (χ2v) is 7.99. The summed E-state index contributed by atoms with van der Waals surface area (Å²) in [6, 6.07) is 3.43. The molecule has 1 N–H and O–H groups in total. The van der Waals surface area contributed by atoms with Gasteiger partial charge in [0, 0.05) is 32.4 Å². The maximum absolute atomic E-state index is 13.1. The Morgan fingerprint density at radius 2 is 2.03 bits per heavy atom. The Labute approximate surface area is 178 Å². The molecule has 0 aromatic carbocycles. The quantitative estimate of drug-likeness (QED) is 0.469. The summed E-state index contributed by atoms with van der Waals surface area (Å²) < 4.78 is 11.6. The van der Waals surface area contributed by atoms with Crippen LogP contribution in [0.15, 0.2) is 30.7 Å². The number of rotatable bonds is 0. The molecule has 0 unspecified atom stereocenters. The van der Waals surface area contributed by atoms with Gasteiger partial charge < -0.3 is 4.74 Å². The molecule has 1 atom stereocenters. The molecule has 10 heteroatoms. The van der Waals surface area contributed by atoms with Crippen molar-refractivity contribution in [3.8, 4) is 17.1 Å². The fourth-order valence-corrected chi connectivity index (χ4v) is 4.02. The predicted octanol–water partition coefficient (Wildman–Crippen LogP) is 2.63. The second kappa shape index (κ2) is 7.53. The summed E-state index contributed by atoms with van der Waals surface area (Å²) >= 11 is 0. The van der Waals surface area contributed by atoms with Crippen molar-refractivity contribution in [1.82, 2.24) is 34.1 Å². The van der Waals surface area contributed by atoms with Gasteiger partial charge in [0.15, 0.2) is 5.65 Å². The number of hydrogen-bond donors (Lipinski definition) is 1. The van der Waals surface area contributed by atoms with E-state index in [-0.39, 0.29) is 5.91 Å². The van der Waals surface area contributed by atoms with E-state index in [9.17, 15) is 4.79 Å². The molecule has 1 aliphatic rings. The molecule has 1 amide bonds. The van der Waals surface area contributed by atoms with Crippen molar-refractivity contribution < 1.29 is 9.53 Å². The van der Waals surface area contributed by atoms with Crippen molar-refractivity contribution in [3.05, 3.63) is 36.3 Å². The average Bonchev–Trinajstić information content (AvgIpc) is 3.41. The molecule has 4 aromatic rings. The van der Waals surface area contributed by atoms with Crippen LogP contribution in [0.2, 0.25) is 0 Å². The molecular formula is C21H24N8O2. The number of hydrogen-bond acceptors (Lipinski definition) is 6. The van der Waals surface area contributed by atoms with Gasteiger partial charge in [0.1, 0.15) is 5.52 Å². The average molecular weight is 420 g/mol. The van der Waals surface area contributed by atoms with E-state index in [0.717, 1.165) is 29.6 Å². The smallest absolute Gasteiger partial charge is 0.258 e. The van der Waals surface area contributed by atoms with Gasteiger partial charge in [-0.15, -0.1) is 0 Å². The summed E-state index contributed by atoms with van der Waals surface area (Å²) in [6.07, 6.45) is 6.90. The Balaban J connectivity index is 1.59. The minimum absolute atomic E-state index is 0.248. The number of carbonyl (C=O) groups is 1. The van der Waals surface area contributed by atoms with Crippen LogP contribution in [0.1, 0.15) is 30.1 Å². The fraction of sp³-hybridized carbons (Fsp3) is 0.381. The van der Waals surface area contributed by atoms with E-state index in [1.165, 1.54) is 0 Å². The van der Waals surface area contributed by atoms with Crippen molar-refractivity contribution in [2.45, 2.75) is 26.3 Å². The molecule has 0 aliphatic carbocycles. The van der Waals surface area contributed by atoms with Crippen LogP contribution in [-0.4, -0.2) is 46.6 Å². The number of imidazole rings is 1. The zero-order valence-corrected chi connectivity index (χ0v) is 17.7. The van der Waals surface area contributed by atoms with Crippen LogP contribution < -0.4 is 10.1 Å². The van der Waals surface area contributed by atoms with Crippen molar-refractivity contribution in [1.29, 1.82) is 0 Å². The molecule has 0 fully saturated rings. The van der Waals surface area contributed by atoms with Gasteiger partial charge in [-0.1, -0.05) is 6.92 Å². The highest BCUT2D eigenvalue weighted by Gasteiger charge is 2.21.